The summed E-state index contributed by atoms with van der Waals surface area (Å²) in [5, 5.41) is 4.15. The topological polar surface area (TPSA) is 38.1 Å². The normalized spacial score (nSPS) is 25.0. The van der Waals surface area contributed by atoms with E-state index in [9.17, 15) is 4.79 Å². The first-order valence-electron chi connectivity index (χ1n) is 6.00. The average molecular weight is 347 g/mol. The Morgan fingerprint density at radius 3 is 2.65 bits per heavy atom. The van der Waals surface area contributed by atoms with Crippen LogP contribution in [-0.4, -0.2) is 33.7 Å². The minimum Gasteiger partial charge on any atom is -0.341 e. The molecule has 2 heterocycles. The first-order valence-corrected chi connectivity index (χ1v) is 7.08. The Hall–Kier alpha value is -0.590. The monoisotopic (exact) mass is 347 g/mol. The van der Waals surface area contributed by atoms with Crippen LogP contribution in [0.25, 0.3) is 0 Å². The molecule has 1 aliphatic rings. The molecule has 0 spiro atoms. The second-order valence-electron chi connectivity index (χ2n) is 5.10. The molecule has 0 aromatic carbocycles. The number of hydrogen-bond acceptors (Lipinski definition) is 2. The minimum absolute atomic E-state index is 0.183. The fourth-order valence-corrected chi connectivity index (χ4v) is 2.98. The fraction of sp³-hybridized carbons (Fsp3) is 0.667. The summed E-state index contributed by atoms with van der Waals surface area (Å²) in [7, 11) is 0. The van der Waals surface area contributed by atoms with Crippen LogP contribution in [0.15, 0.2) is 12.4 Å². The van der Waals surface area contributed by atoms with Gasteiger partial charge < -0.3 is 4.90 Å². The van der Waals surface area contributed by atoms with E-state index in [1.165, 1.54) is 6.42 Å². The highest BCUT2D eigenvalue weighted by Crippen LogP contribution is 2.21. The van der Waals surface area contributed by atoms with E-state index in [1.807, 2.05) is 11.1 Å². The van der Waals surface area contributed by atoms with Crippen LogP contribution in [0, 0.1) is 15.4 Å². The number of halogens is 1. The maximum absolute atomic E-state index is 12.1. The lowest BCUT2D eigenvalue weighted by Crippen LogP contribution is -2.44. The standard InChI is InChI=1S/C12H18IN3O/c1-9-3-10(2)6-15(5-9)12(17)8-16-7-11(13)4-14-16/h4,7,9-10H,3,5-6,8H2,1-2H3. The molecule has 2 rings (SSSR count). The second kappa shape index (κ2) is 5.37. The van der Waals surface area contributed by atoms with E-state index < -0.39 is 0 Å². The van der Waals surface area contributed by atoms with Crippen molar-refractivity contribution in [1.29, 1.82) is 0 Å². The predicted octanol–water partition coefficient (Wildman–Crippen LogP) is 1.99. The molecule has 0 aliphatic carbocycles. The number of rotatable bonds is 2. The molecule has 1 fully saturated rings. The van der Waals surface area contributed by atoms with Crippen LogP contribution in [0.4, 0.5) is 0 Å². The molecule has 0 bridgehead atoms. The zero-order chi connectivity index (χ0) is 12.4. The van der Waals surface area contributed by atoms with Gasteiger partial charge in [-0.15, -0.1) is 0 Å². The van der Waals surface area contributed by atoms with Crippen molar-refractivity contribution in [2.45, 2.75) is 26.8 Å². The molecule has 1 saturated heterocycles. The molecule has 1 aromatic rings. The average Bonchev–Trinajstić information content (AvgIpc) is 2.62. The van der Waals surface area contributed by atoms with Crippen molar-refractivity contribution in [2.75, 3.05) is 13.1 Å². The van der Waals surface area contributed by atoms with E-state index in [0.717, 1.165) is 16.7 Å². The Kier molecular flexibility index (Phi) is 4.06. The van der Waals surface area contributed by atoms with E-state index in [4.69, 9.17) is 0 Å². The summed E-state index contributed by atoms with van der Waals surface area (Å²) in [6.07, 6.45) is 4.90. The highest BCUT2D eigenvalue weighted by atomic mass is 127. The Balaban J connectivity index is 1.95. The molecular weight excluding hydrogens is 329 g/mol. The molecular formula is C12H18IN3O. The van der Waals surface area contributed by atoms with Crippen molar-refractivity contribution in [3.05, 3.63) is 16.0 Å². The number of aromatic nitrogens is 2. The van der Waals surface area contributed by atoms with Crippen LogP contribution in [-0.2, 0) is 11.3 Å². The smallest absolute Gasteiger partial charge is 0.244 e. The fourth-order valence-electron chi connectivity index (χ4n) is 2.53. The van der Waals surface area contributed by atoms with Crippen LogP contribution in [0.2, 0.25) is 0 Å². The summed E-state index contributed by atoms with van der Waals surface area (Å²) in [6, 6.07) is 0. The lowest BCUT2D eigenvalue weighted by molar-refractivity contribution is -0.134. The zero-order valence-electron chi connectivity index (χ0n) is 10.3. The van der Waals surface area contributed by atoms with Crippen molar-refractivity contribution >= 4 is 28.5 Å². The molecule has 0 radical (unpaired) electrons. The molecule has 2 unspecified atom stereocenters. The second-order valence-corrected chi connectivity index (χ2v) is 6.35. The van der Waals surface area contributed by atoms with Crippen LogP contribution >= 0.6 is 22.6 Å². The van der Waals surface area contributed by atoms with E-state index in [-0.39, 0.29) is 5.91 Å². The van der Waals surface area contributed by atoms with Gasteiger partial charge in [0.05, 0.1) is 9.77 Å². The van der Waals surface area contributed by atoms with E-state index in [0.29, 0.717) is 18.4 Å². The molecule has 4 nitrogen and oxygen atoms in total. The minimum atomic E-state index is 0.183. The number of carbonyl (C=O) groups excluding carboxylic acids is 1. The molecule has 17 heavy (non-hydrogen) atoms. The maximum Gasteiger partial charge on any atom is 0.244 e. The first kappa shape index (κ1) is 12.9. The largest absolute Gasteiger partial charge is 0.341 e. The van der Waals surface area contributed by atoms with E-state index in [1.54, 1.807) is 10.9 Å². The Bertz CT molecular complexity index is 394. The number of piperidine rings is 1. The number of nitrogens with zero attached hydrogens (tertiary/aromatic N) is 3. The summed E-state index contributed by atoms with van der Waals surface area (Å²) in [4.78, 5) is 14.1. The molecule has 1 aliphatic heterocycles. The predicted molar refractivity (Wildman–Crippen MR) is 74.5 cm³/mol. The van der Waals surface area contributed by atoms with Crippen molar-refractivity contribution in [2.24, 2.45) is 11.8 Å². The van der Waals surface area contributed by atoms with Gasteiger partial charge in [0.25, 0.3) is 0 Å². The zero-order valence-corrected chi connectivity index (χ0v) is 12.4. The molecule has 5 heteroatoms. The summed E-state index contributed by atoms with van der Waals surface area (Å²) < 4.78 is 2.78. The lowest BCUT2D eigenvalue weighted by atomic mass is 9.92. The van der Waals surface area contributed by atoms with Gasteiger partial charge in [0.15, 0.2) is 0 Å². The number of amides is 1. The molecule has 94 valence electrons. The third-order valence-corrected chi connectivity index (χ3v) is 3.68. The summed E-state index contributed by atoms with van der Waals surface area (Å²) >= 11 is 2.20. The first-order chi connectivity index (χ1) is 8.04. The Morgan fingerprint density at radius 1 is 1.47 bits per heavy atom. The van der Waals surface area contributed by atoms with Gasteiger partial charge in [-0.05, 0) is 40.8 Å². The van der Waals surface area contributed by atoms with Gasteiger partial charge >= 0.3 is 0 Å². The van der Waals surface area contributed by atoms with Gasteiger partial charge in [-0.25, -0.2) is 0 Å². The summed E-state index contributed by atoms with van der Waals surface area (Å²) in [5.74, 6) is 1.41. The molecule has 2 atom stereocenters. The SMILES string of the molecule is CC1CC(C)CN(C(=O)Cn2cc(I)cn2)C1. The van der Waals surface area contributed by atoms with Crippen LogP contribution in [0.1, 0.15) is 20.3 Å². The van der Waals surface area contributed by atoms with Gasteiger partial charge in [-0.2, -0.15) is 5.10 Å². The lowest BCUT2D eigenvalue weighted by Gasteiger charge is -2.35. The van der Waals surface area contributed by atoms with Crippen LogP contribution < -0.4 is 0 Å². The van der Waals surface area contributed by atoms with Crippen molar-refractivity contribution in [1.82, 2.24) is 14.7 Å². The highest BCUT2D eigenvalue weighted by Gasteiger charge is 2.25. The van der Waals surface area contributed by atoms with E-state index in [2.05, 4.69) is 41.5 Å². The molecule has 0 N–H and O–H groups in total. The Morgan fingerprint density at radius 2 is 2.12 bits per heavy atom. The molecule has 1 aromatic heterocycles. The highest BCUT2D eigenvalue weighted by molar-refractivity contribution is 14.1. The quantitative estimate of drug-likeness (QED) is 0.768. The van der Waals surface area contributed by atoms with Gasteiger partial charge in [-0.3, -0.25) is 9.48 Å². The van der Waals surface area contributed by atoms with Gasteiger partial charge in [-0.1, -0.05) is 13.8 Å². The number of carbonyl (C=O) groups is 1. The van der Waals surface area contributed by atoms with Gasteiger partial charge in [0.2, 0.25) is 5.91 Å². The molecule has 1 amide bonds. The Labute approximate surface area is 116 Å². The number of hydrogen-bond donors (Lipinski definition) is 0. The van der Waals surface area contributed by atoms with Crippen LogP contribution in [0.3, 0.4) is 0 Å². The van der Waals surface area contributed by atoms with Crippen molar-refractivity contribution in [3.63, 3.8) is 0 Å². The van der Waals surface area contributed by atoms with Gasteiger partial charge in [0.1, 0.15) is 6.54 Å². The van der Waals surface area contributed by atoms with Gasteiger partial charge in [0, 0.05) is 19.3 Å². The van der Waals surface area contributed by atoms with Crippen molar-refractivity contribution < 1.29 is 4.79 Å². The maximum atomic E-state index is 12.1. The summed E-state index contributed by atoms with van der Waals surface area (Å²) in [5.41, 5.74) is 0. The third-order valence-electron chi connectivity index (χ3n) is 3.12. The molecule has 0 saturated carbocycles. The van der Waals surface area contributed by atoms with Crippen molar-refractivity contribution in [3.8, 4) is 0 Å². The summed E-state index contributed by atoms with van der Waals surface area (Å²) in [6.45, 7) is 6.57. The van der Waals surface area contributed by atoms with E-state index >= 15 is 0 Å². The third kappa shape index (κ3) is 3.43. The van der Waals surface area contributed by atoms with Crippen LogP contribution in [0.5, 0.6) is 0 Å². The number of likely N-dealkylation sites (tertiary alicyclic amines) is 1.